The first-order valence-electron chi connectivity index (χ1n) is 8.90. The van der Waals surface area contributed by atoms with Crippen LogP contribution in [0.2, 0.25) is 0 Å². The summed E-state index contributed by atoms with van der Waals surface area (Å²) < 4.78 is 0. The van der Waals surface area contributed by atoms with Gasteiger partial charge in [0.1, 0.15) is 6.04 Å². The molecule has 3 atom stereocenters. The molecule has 0 spiro atoms. The van der Waals surface area contributed by atoms with Crippen molar-refractivity contribution in [2.45, 2.75) is 44.2 Å². The number of carbonyl (C=O) groups excluding carboxylic acids is 2. The Hall–Kier alpha value is -2.34. The largest absolute Gasteiger partial charge is 0.361 e. The number of rotatable bonds is 6. The van der Waals surface area contributed by atoms with Gasteiger partial charge in [-0.3, -0.25) is 9.59 Å². The summed E-state index contributed by atoms with van der Waals surface area (Å²) in [6.07, 6.45) is 5.79. The Labute approximate surface area is 147 Å². The monoisotopic (exact) mass is 342 g/mol. The third-order valence-electron chi connectivity index (χ3n) is 5.16. The minimum atomic E-state index is -0.589. The van der Waals surface area contributed by atoms with Crippen LogP contribution in [0.5, 0.6) is 0 Å². The summed E-state index contributed by atoms with van der Waals surface area (Å²) in [4.78, 5) is 27.9. The Morgan fingerprint density at radius 3 is 2.84 bits per heavy atom. The first kappa shape index (κ1) is 17.5. The number of nitrogens with one attached hydrogen (secondary N) is 3. The van der Waals surface area contributed by atoms with E-state index in [1.54, 1.807) is 7.05 Å². The van der Waals surface area contributed by atoms with E-state index in [0.29, 0.717) is 12.8 Å². The molecule has 134 valence electrons. The van der Waals surface area contributed by atoms with Gasteiger partial charge in [-0.05, 0) is 30.4 Å². The van der Waals surface area contributed by atoms with Crippen LogP contribution < -0.4 is 16.4 Å². The number of benzene rings is 1. The van der Waals surface area contributed by atoms with Crippen molar-refractivity contribution in [1.82, 2.24) is 15.6 Å². The Morgan fingerprint density at radius 1 is 1.32 bits per heavy atom. The molecule has 1 aliphatic carbocycles. The van der Waals surface area contributed by atoms with Crippen LogP contribution in [0.3, 0.4) is 0 Å². The smallest absolute Gasteiger partial charge is 0.242 e. The highest BCUT2D eigenvalue weighted by Crippen LogP contribution is 2.26. The minimum absolute atomic E-state index is 0.0952. The number of aromatic amines is 1. The number of H-pyrrole nitrogens is 1. The third-order valence-corrected chi connectivity index (χ3v) is 5.16. The van der Waals surface area contributed by atoms with Crippen LogP contribution in [0, 0.1) is 5.92 Å². The molecule has 6 nitrogen and oxygen atoms in total. The number of nitrogens with two attached hydrogens (primary N) is 1. The molecule has 1 heterocycles. The van der Waals surface area contributed by atoms with Crippen molar-refractivity contribution in [2.75, 3.05) is 7.05 Å². The first-order chi connectivity index (χ1) is 12.1. The summed E-state index contributed by atoms with van der Waals surface area (Å²) in [5, 5.41) is 6.62. The quantitative estimate of drug-likeness (QED) is 0.639. The van der Waals surface area contributed by atoms with E-state index in [-0.39, 0.29) is 23.8 Å². The molecule has 0 radical (unpaired) electrons. The second-order valence-corrected chi connectivity index (χ2v) is 6.86. The van der Waals surface area contributed by atoms with E-state index in [1.807, 2.05) is 30.5 Å². The Kier molecular flexibility index (Phi) is 5.38. The Morgan fingerprint density at radius 2 is 2.12 bits per heavy atom. The van der Waals surface area contributed by atoms with Crippen molar-refractivity contribution < 1.29 is 9.59 Å². The van der Waals surface area contributed by atoms with Gasteiger partial charge in [-0.2, -0.15) is 0 Å². The highest BCUT2D eigenvalue weighted by Gasteiger charge is 2.28. The van der Waals surface area contributed by atoms with Crippen molar-refractivity contribution in [3.63, 3.8) is 0 Å². The molecule has 1 fully saturated rings. The van der Waals surface area contributed by atoms with Crippen LogP contribution in [-0.2, 0) is 16.0 Å². The number of fused-ring (bicyclic) bond motifs is 1. The van der Waals surface area contributed by atoms with Gasteiger partial charge in [-0.15, -0.1) is 0 Å². The van der Waals surface area contributed by atoms with Crippen LogP contribution in [0.1, 0.15) is 31.2 Å². The average molecular weight is 342 g/mol. The van der Waals surface area contributed by atoms with Gasteiger partial charge in [-0.25, -0.2) is 0 Å². The van der Waals surface area contributed by atoms with Gasteiger partial charge in [0, 0.05) is 43.0 Å². The number of hydrogen-bond donors (Lipinski definition) is 4. The summed E-state index contributed by atoms with van der Waals surface area (Å²) in [6, 6.07) is 7.45. The topological polar surface area (TPSA) is 100 Å². The highest BCUT2D eigenvalue weighted by molar-refractivity contribution is 5.89. The lowest BCUT2D eigenvalue weighted by molar-refractivity contribution is -0.129. The molecule has 2 aromatic rings. The van der Waals surface area contributed by atoms with Gasteiger partial charge in [0.2, 0.25) is 11.8 Å². The van der Waals surface area contributed by atoms with E-state index in [9.17, 15) is 9.59 Å². The van der Waals surface area contributed by atoms with Crippen LogP contribution in [-0.4, -0.2) is 35.9 Å². The molecular weight excluding hydrogens is 316 g/mol. The fourth-order valence-corrected chi connectivity index (χ4v) is 3.71. The van der Waals surface area contributed by atoms with Crippen LogP contribution in [0.15, 0.2) is 30.5 Å². The zero-order valence-corrected chi connectivity index (χ0v) is 14.5. The molecule has 3 rings (SSSR count). The van der Waals surface area contributed by atoms with Crippen molar-refractivity contribution in [3.8, 4) is 0 Å². The van der Waals surface area contributed by atoms with Crippen molar-refractivity contribution >= 4 is 22.7 Å². The second kappa shape index (κ2) is 7.70. The fraction of sp³-hybridized carbons (Fsp3) is 0.474. The van der Waals surface area contributed by atoms with E-state index in [4.69, 9.17) is 5.73 Å². The number of hydrogen-bond acceptors (Lipinski definition) is 3. The number of likely N-dealkylation sites (N-methyl/N-ethyl adjacent to an activating group) is 1. The maximum absolute atomic E-state index is 12.4. The minimum Gasteiger partial charge on any atom is -0.361 e. The number of para-hydroxylation sites is 1. The van der Waals surface area contributed by atoms with Crippen molar-refractivity contribution in [3.05, 3.63) is 36.0 Å². The fourth-order valence-electron chi connectivity index (χ4n) is 3.71. The second-order valence-electron chi connectivity index (χ2n) is 6.86. The molecule has 0 bridgehead atoms. The Bertz CT molecular complexity index is 755. The van der Waals surface area contributed by atoms with E-state index < -0.39 is 6.04 Å². The SMILES string of the molecule is CNC(=O)[C@H](Cc1c[nH]c2ccccc12)NC(=O)C[C@@H]1CCC[C@H]1N. The number of aromatic nitrogens is 1. The molecule has 1 aliphatic rings. The molecule has 0 saturated heterocycles. The summed E-state index contributed by atoms with van der Waals surface area (Å²) in [5.74, 6) is -0.0661. The molecule has 2 amide bonds. The maximum atomic E-state index is 12.4. The zero-order valence-electron chi connectivity index (χ0n) is 14.5. The Balaban J connectivity index is 1.69. The van der Waals surface area contributed by atoms with E-state index in [0.717, 1.165) is 35.7 Å². The molecule has 6 heteroatoms. The lowest BCUT2D eigenvalue weighted by Crippen LogP contribution is -2.47. The standard InChI is InChI=1S/C19H26N4O2/c1-21-19(25)17(23-18(24)10-12-5-4-7-15(12)20)9-13-11-22-16-8-3-2-6-14(13)16/h2-3,6,8,11-12,15,17,22H,4-5,7,9-10,20H2,1H3,(H,21,25)(H,23,24)/t12-,15+,17-/m0/s1. The zero-order chi connectivity index (χ0) is 17.8. The summed E-state index contributed by atoms with van der Waals surface area (Å²) >= 11 is 0. The molecule has 1 saturated carbocycles. The maximum Gasteiger partial charge on any atom is 0.242 e. The van der Waals surface area contributed by atoms with Crippen LogP contribution in [0.4, 0.5) is 0 Å². The van der Waals surface area contributed by atoms with Crippen molar-refractivity contribution in [1.29, 1.82) is 0 Å². The lowest BCUT2D eigenvalue weighted by atomic mass is 9.99. The van der Waals surface area contributed by atoms with Gasteiger partial charge in [0.25, 0.3) is 0 Å². The summed E-state index contributed by atoms with van der Waals surface area (Å²) in [6.45, 7) is 0. The van der Waals surface area contributed by atoms with Gasteiger partial charge < -0.3 is 21.4 Å². The summed E-state index contributed by atoms with van der Waals surface area (Å²) in [5.41, 5.74) is 8.09. The predicted molar refractivity (Wildman–Crippen MR) is 97.9 cm³/mol. The van der Waals surface area contributed by atoms with Gasteiger partial charge in [0.15, 0.2) is 0 Å². The molecule has 25 heavy (non-hydrogen) atoms. The van der Waals surface area contributed by atoms with E-state index in [2.05, 4.69) is 15.6 Å². The van der Waals surface area contributed by atoms with Gasteiger partial charge >= 0.3 is 0 Å². The third kappa shape index (κ3) is 4.02. The lowest BCUT2D eigenvalue weighted by Gasteiger charge is -2.20. The van der Waals surface area contributed by atoms with Gasteiger partial charge in [0.05, 0.1) is 0 Å². The van der Waals surface area contributed by atoms with Crippen molar-refractivity contribution in [2.24, 2.45) is 11.7 Å². The molecule has 0 unspecified atom stereocenters. The van der Waals surface area contributed by atoms with Crippen LogP contribution in [0.25, 0.3) is 10.9 Å². The number of carbonyl (C=O) groups is 2. The average Bonchev–Trinajstić information content (AvgIpc) is 3.20. The van der Waals surface area contributed by atoms with Gasteiger partial charge in [-0.1, -0.05) is 24.6 Å². The van der Waals surface area contributed by atoms with E-state index in [1.165, 1.54) is 0 Å². The number of amides is 2. The molecule has 1 aromatic carbocycles. The molecule has 1 aromatic heterocycles. The summed E-state index contributed by atoms with van der Waals surface area (Å²) in [7, 11) is 1.59. The molecular formula is C19H26N4O2. The van der Waals surface area contributed by atoms with E-state index >= 15 is 0 Å². The predicted octanol–water partition coefficient (Wildman–Crippen LogP) is 1.46. The molecule has 5 N–H and O–H groups in total. The normalized spacial score (nSPS) is 21.2. The van der Waals surface area contributed by atoms with Crippen LogP contribution >= 0.6 is 0 Å². The first-order valence-corrected chi connectivity index (χ1v) is 8.90. The molecule has 0 aliphatic heterocycles. The highest BCUT2D eigenvalue weighted by atomic mass is 16.2.